The molecule has 0 bridgehead atoms. The fourth-order valence-electron chi connectivity index (χ4n) is 3.17. The number of aromatic amines is 1. The highest BCUT2D eigenvalue weighted by atomic mass is 16.5. The van der Waals surface area contributed by atoms with Gasteiger partial charge in [0.2, 0.25) is 5.76 Å². The van der Waals surface area contributed by atoms with Crippen molar-refractivity contribution in [1.82, 2.24) is 20.0 Å². The quantitative estimate of drug-likeness (QED) is 0.480. The highest BCUT2D eigenvalue weighted by Gasteiger charge is 2.21. The van der Waals surface area contributed by atoms with Gasteiger partial charge < -0.3 is 28.3 Å². The molecule has 0 aliphatic heterocycles. The molecule has 160 valence electrons. The Balaban J connectivity index is 1.62. The number of hydrogen-bond donors (Lipinski definition) is 1. The first-order valence-corrected chi connectivity index (χ1v) is 9.48. The van der Waals surface area contributed by atoms with E-state index in [1.807, 2.05) is 6.92 Å². The summed E-state index contributed by atoms with van der Waals surface area (Å²) in [6.45, 7) is 2.27. The van der Waals surface area contributed by atoms with Crippen LogP contribution in [0.2, 0.25) is 0 Å². The molecule has 4 rings (SSSR count). The summed E-state index contributed by atoms with van der Waals surface area (Å²) in [7, 11) is 3.00. The SMILES string of the molecule is CCN(Cc1nc2cc(OC)c(OC)cc2c(=O)[nH]1)C(=O)c1cc(-c2ccco2)on1. The number of ether oxygens (including phenoxy) is 2. The summed E-state index contributed by atoms with van der Waals surface area (Å²) < 4.78 is 21.0. The van der Waals surface area contributed by atoms with E-state index in [4.69, 9.17) is 18.4 Å². The van der Waals surface area contributed by atoms with Crippen LogP contribution in [-0.4, -0.2) is 46.7 Å². The molecular weight excluding hydrogens is 404 g/mol. The zero-order valence-electron chi connectivity index (χ0n) is 17.2. The van der Waals surface area contributed by atoms with Crippen LogP contribution in [0.15, 0.2) is 50.3 Å². The molecule has 0 unspecified atom stereocenters. The lowest BCUT2D eigenvalue weighted by Gasteiger charge is -2.19. The van der Waals surface area contributed by atoms with Gasteiger partial charge in [-0.25, -0.2) is 4.98 Å². The van der Waals surface area contributed by atoms with Crippen LogP contribution in [0.25, 0.3) is 22.4 Å². The minimum atomic E-state index is -0.362. The highest BCUT2D eigenvalue weighted by molar-refractivity contribution is 5.93. The second-order valence-corrected chi connectivity index (χ2v) is 6.61. The first-order valence-electron chi connectivity index (χ1n) is 9.48. The molecule has 0 atom stereocenters. The Labute approximate surface area is 176 Å². The van der Waals surface area contributed by atoms with Crippen LogP contribution in [0, 0.1) is 0 Å². The predicted molar refractivity (Wildman–Crippen MR) is 110 cm³/mol. The van der Waals surface area contributed by atoms with E-state index >= 15 is 0 Å². The predicted octanol–water partition coefficient (Wildman–Crippen LogP) is 2.85. The van der Waals surface area contributed by atoms with Gasteiger partial charge in [-0.15, -0.1) is 0 Å². The molecule has 0 aliphatic rings. The maximum absolute atomic E-state index is 12.9. The van der Waals surface area contributed by atoms with E-state index in [-0.39, 0.29) is 23.7 Å². The van der Waals surface area contributed by atoms with E-state index < -0.39 is 0 Å². The van der Waals surface area contributed by atoms with Crippen LogP contribution in [-0.2, 0) is 6.54 Å². The fraction of sp³-hybridized carbons (Fsp3) is 0.238. The minimum Gasteiger partial charge on any atom is -0.493 e. The molecule has 0 fully saturated rings. The first kappa shape index (κ1) is 20.2. The standard InChI is InChI=1S/C21H20N4O6/c1-4-25(21(27)14-10-18(31-24-14)15-6-5-7-30-15)11-19-22-13-9-17(29-3)16(28-2)8-12(13)20(26)23-19/h5-10H,4,11H2,1-3H3,(H,22,23,26). The summed E-state index contributed by atoms with van der Waals surface area (Å²) in [5.41, 5.74) is 0.218. The number of benzene rings is 1. The van der Waals surface area contributed by atoms with Gasteiger partial charge in [0.1, 0.15) is 5.82 Å². The molecule has 0 radical (unpaired) electrons. The molecule has 0 saturated carbocycles. The second-order valence-electron chi connectivity index (χ2n) is 6.61. The molecule has 3 heterocycles. The molecule has 1 aromatic carbocycles. The first-order chi connectivity index (χ1) is 15.0. The van der Waals surface area contributed by atoms with Crippen LogP contribution in [0.1, 0.15) is 23.2 Å². The van der Waals surface area contributed by atoms with E-state index in [1.54, 1.807) is 24.3 Å². The number of nitrogens with one attached hydrogen (secondary N) is 1. The van der Waals surface area contributed by atoms with Gasteiger partial charge in [-0.1, -0.05) is 5.16 Å². The molecule has 4 aromatic rings. The van der Waals surface area contributed by atoms with Crippen molar-refractivity contribution in [2.24, 2.45) is 0 Å². The molecule has 10 heteroatoms. The van der Waals surface area contributed by atoms with Gasteiger partial charge in [0.15, 0.2) is 23.0 Å². The Morgan fingerprint density at radius 1 is 1.16 bits per heavy atom. The summed E-state index contributed by atoms with van der Waals surface area (Å²) in [5.74, 6) is 1.67. The number of carbonyl (C=O) groups excluding carboxylic acids is 1. The van der Waals surface area contributed by atoms with Gasteiger partial charge in [-0.2, -0.15) is 0 Å². The van der Waals surface area contributed by atoms with Crippen molar-refractivity contribution in [2.45, 2.75) is 13.5 Å². The number of aromatic nitrogens is 3. The van der Waals surface area contributed by atoms with Gasteiger partial charge in [-0.3, -0.25) is 9.59 Å². The number of amides is 1. The minimum absolute atomic E-state index is 0.0812. The van der Waals surface area contributed by atoms with Gasteiger partial charge in [0.25, 0.3) is 11.5 Å². The monoisotopic (exact) mass is 424 g/mol. The Kier molecular flexibility index (Phi) is 5.44. The van der Waals surface area contributed by atoms with Crippen molar-refractivity contribution in [2.75, 3.05) is 20.8 Å². The molecular formula is C21H20N4O6. The average molecular weight is 424 g/mol. The Morgan fingerprint density at radius 2 is 1.94 bits per heavy atom. The lowest BCUT2D eigenvalue weighted by molar-refractivity contribution is 0.0738. The molecule has 10 nitrogen and oxygen atoms in total. The number of carbonyl (C=O) groups is 1. The summed E-state index contributed by atoms with van der Waals surface area (Å²) in [4.78, 5) is 34.2. The van der Waals surface area contributed by atoms with Crippen LogP contribution in [0.5, 0.6) is 11.5 Å². The maximum Gasteiger partial charge on any atom is 0.276 e. The molecule has 0 aliphatic carbocycles. The van der Waals surface area contributed by atoms with Gasteiger partial charge >= 0.3 is 0 Å². The van der Waals surface area contributed by atoms with Gasteiger partial charge in [0.05, 0.1) is 37.9 Å². The number of rotatable bonds is 7. The van der Waals surface area contributed by atoms with Gasteiger partial charge in [0, 0.05) is 18.7 Å². The lowest BCUT2D eigenvalue weighted by atomic mass is 10.2. The van der Waals surface area contributed by atoms with Crippen molar-refractivity contribution in [3.63, 3.8) is 0 Å². The topological polar surface area (TPSA) is 124 Å². The van der Waals surface area contributed by atoms with Crippen LogP contribution in [0.3, 0.4) is 0 Å². The smallest absolute Gasteiger partial charge is 0.276 e. The average Bonchev–Trinajstić information content (AvgIpc) is 3.48. The largest absolute Gasteiger partial charge is 0.493 e. The molecule has 1 amide bonds. The van der Waals surface area contributed by atoms with E-state index in [0.29, 0.717) is 46.3 Å². The van der Waals surface area contributed by atoms with E-state index in [9.17, 15) is 9.59 Å². The Morgan fingerprint density at radius 3 is 2.61 bits per heavy atom. The molecule has 0 spiro atoms. The number of hydrogen-bond acceptors (Lipinski definition) is 8. The lowest BCUT2D eigenvalue weighted by Crippen LogP contribution is -2.32. The Hall–Kier alpha value is -4.08. The number of fused-ring (bicyclic) bond motifs is 1. The summed E-state index contributed by atoms with van der Waals surface area (Å²) in [6.07, 6.45) is 1.50. The number of nitrogens with zero attached hydrogens (tertiary/aromatic N) is 3. The van der Waals surface area contributed by atoms with Crippen LogP contribution >= 0.6 is 0 Å². The summed E-state index contributed by atoms with van der Waals surface area (Å²) in [5, 5.41) is 4.20. The zero-order valence-corrected chi connectivity index (χ0v) is 17.2. The third kappa shape index (κ3) is 3.87. The summed E-state index contributed by atoms with van der Waals surface area (Å²) >= 11 is 0. The zero-order chi connectivity index (χ0) is 22.0. The number of H-pyrrole nitrogens is 1. The Bertz CT molecular complexity index is 1280. The summed E-state index contributed by atoms with van der Waals surface area (Å²) in [6, 6.07) is 8.12. The molecule has 1 N–H and O–H groups in total. The van der Waals surface area contributed by atoms with Crippen molar-refractivity contribution in [3.05, 3.63) is 58.5 Å². The van der Waals surface area contributed by atoms with Crippen molar-refractivity contribution >= 4 is 16.8 Å². The maximum atomic E-state index is 12.9. The van der Waals surface area contributed by atoms with E-state index in [0.717, 1.165) is 0 Å². The van der Waals surface area contributed by atoms with E-state index in [1.165, 1.54) is 31.4 Å². The third-order valence-corrected chi connectivity index (χ3v) is 4.76. The van der Waals surface area contributed by atoms with Crippen molar-refractivity contribution in [1.29, 1.82) is 0 Å². The highest BCUT2D eigenvalue weighted by Crippen LogP contribution is 2.30. The van der Waals surface area contributed by atoms with Crippen LogP contribution < -0.4 is 15.0 Å². The fourth-order valence-corrected chi connectivity index (χ4v) is 3.17. The normalized spacial score (nSPS) is 10.9. The number of methoxy groups -OCH3 is 2. The molecule has 3 aromatic heterocycles. The number of furan rings is 1. The van der Waals surface area contributed by atoms with Crippen molar-refractivity contribution in [3.8, 4) is 23.0 Å². The second kappa shape index (κ2) is 8.34. The van der Waals surface area contributed by atoms with Crippen LogP contribution in [0.4, 0.5) is 0 Å². The van der Waals surface area contributed by atoms with Crippen molar-refractivity contribution < 1.29 is 23.2 Å². The van der Waals surface area contributed by atoms with Gasteiger partial charge in [-0.05, 0) is 25.1 Å². The van der Waals surface area contributed by atoms with E-state index in [2.05, 4.69) is 15.1 Å². The molecule has 0 saturated heterocycles. The third-order valence-electron chi connectivity index (χ3n) is 4.76. The molecule has 31 heavy (non-hydrogen) atoms.